The summed E-state index contributed by atoms with van der Waals surface area (Å²) in [4.78, 5) is 35.6. The van der Waals surface area contributed by atoms with E-state index in [9.17, 15) is 19.5 Å². The molecule has 7 heteroatoms. The summed E-state index contributed by atoms with van der Waals surface area (Å²) in [6, 6.07) is 1.56. The fraction of sp³-hybridized carbons (Fsp3) is 0.500. The van der Waals surface area contributed by atoms with Crippen LogP contribution >= 0.6 is 11.3 Å². The van der Waals surface area contributed by atoms with E-state index in [1.165, 1.54) is 18.3 Å². The molecular formula is C14H20N2O4S. The largest absolute Gasteiger partial charge is 0.480 e. The Hall–Kier alpha value is -1.89. The van der Waals surface area contributed by atoms with E-state index in [4.69, 9.17) is 0 Å². The average molecular weight is 312 g/mol. The van der Waals surface area contributed by atoms with Gasteiger partial charge in [-0.15, -0.1) is 11.3 Å². The Balaban J connectivity index is 2.66. The fourth-order valence-electron chi connectivity index (χ4n) is 1.66. The van der Waals surface area contributed by atoms with Crippen LogP contribution in [-0.4, -0.2) is 35.0 Å². The molecule has 0 aromatic carbocycles. The molecule has 1 rings (SSSR count). The number of carbonyl (C=O) groups is 3. The van der Waals surface area contributed by atoms with Crippen LogP contribution in [0.15, 0.2) is 17.5 Å². The van der Waals surface area contributed by atoms with Gasteiger partial charge in [-0.1, -0.05) is 26.8 Å². The molecule has 2 amide bonds. The number of carboxylic acids is 1. The van der Waals surface area contributed by atoms with Gasteiger partial charge in [0.2, 0.25) is 5.91 Å². The van der Waals surface area contributed by atoms with Crippen molar-refractivity contribution in [1.29, 1.82) is 0 Å². The number of rotatable bonds is 5. The molecule has 0 aliphatic heterocycles. The lowest BCUT2D eigenvalue weighted by molar-refractivity contribution is -0.145. The predicted molar refractivity (Wildman–Crippen MR) is 80.3 cm³/mol. The third-order valence-electron chi connectivity index (χ3n) is 2.89. The summed E-state index contributed by atoms with van der Waals surface area (Å²) in [5.74, 6) is -1.98. The first-order valence-corrected chi connectivity index (χ1v) is 7.38. The highest BCUT2D eigenvalue weighted by Crippen LogP contribution is 2.19. The Labute approximate surface area is 127 Å². The lowest BCUT2D eigenvalue weighted by Crippen LogP contribution is -2.54. The van der Waals surface area contributed by atoms with Gasteiger partial charge in [-0.2, -0.15) is 0 Å². The third-order valence-corrected chi connectivity index (χ3v) is 3.75. The maximum atomic E-state index is 12.0. The SMILES string of the molecule is CC(NC(=O)c1cccs1)C(=O)N[C@H](C(=O)O)C(C)(C)C. The number of carbonyl (C=O) groups excluding carboxylic acids is 2. The molecule has 0 saturated carbocycles. The highest BCUT2D eigenvalue weighted by molar-refractivity contribution is 7.12. The molecule has 6 nitrogen and oxygen atoms in total. The molecule has 21 heavy (non-hydrogen) atoms. The van der Waals surface area contributed by atoms with Gasteiger partial charge in [0.25, 0.3) is 5.91 Å². The number of carboxylic acid groups (broad SMARTS) is 1. The van der Waals surface area contributed by atoms with Crippen molar-refractivity contribution in [2.75, 3.05) is 0 Å². The van der Waals surface area contributed by atoms with Crippen molar-refractivity contribution in [3.05, 3.63) is 22.4 Å². The van der Waals surface area contributed by atoms with Gasteiger partial charge in [-0.25, -0.2) is 4.79 Å². The summed E-state index contributed by atoms with van der Waals surface area (Å²) in [7, 11) is 0. The molecule has 3 N–H and O–H groups in total. The van der Waals surface area contributed by atoms with Crippen LogP contribution < -0.4 is 10.6 Å². The Morgan fingerprint density at radius 1 is 1.24 bits per heavy atom. The summed E-state index contributed by atoms with van der Waals surface area (Å²) in [5.41, 5.74) is -0.626. The van der Waals surface area contributed by atoms with Crippen molar-refractivity contribution < 1.29 is 19.5 Å². The number of aliphatic carboxylic acids is 1. The monoisotopic (exact) mass is 312 g/mol. The third kappa shape index (κ3) is 4.86. The number of hydrogen-bond donors (Lipinski definition) is 3. The van der Waals surface area contributed by atoms with Gasteiger partial charge in [0.15, 0.2) is 0 Å². The fourth-order valence-corrected chi connectivity index (χ4v) is 2.28. The summed E-state index contributed by atoms with van der Waals surface area (Å²) >= 11 is 1.27. The highest BCUT2D eigenvalue weighted by Gasteiger charge is 2.33. The normalized spacial score (nSPS) is 14.1. The van der Waals surface area contributed by atoms with Gasteiger partial charge in [-0.3, -0.25) is 9.59 Å². The minimum Gasteiger partial charge on any atom is -0.480 e. The average Bonchev–Trinajstić information content (AvgIpc) is 2.87. The van der Waals surface area contributed by atoms with E-state index < -0.39 is 29.4 Å². The molecule has 0 radical (unpaired) electrons. The zero-order valence-corrected chi connectivity index (χ0v) is 13.3. The second-order valence-corrected chi connectivity index (χ2v) is 6.77. The van der Waals surface area contributed by atoms with E-state index in [1.54, 1.807) is 38.3 Å². The predicted octanol–water partition coefficient (Wildman–Crippen LogP) is 1.48. The summed E-state index contributed by atoms with van der Waals surface area (Å²) < 4.78 is 0. The van der Waals surface area contributed by atoms with Crippen molar-refractivity contribution in [1.82, 2.24) is 10.6 Å². The van der Waals surface area contributed by atoms with E-state index in [0.29, 0.717) is 4.88 Å². The van der Waals surface area contributed by atoms with E-state index >= 15 is 0 Å². The van der Waals surface area contributed by atoms with Gasteiger partial charge >= 0.3 is 5.97 Å². The van der Waals surface area contributed by atoms with Crippen LogP contribution in [0.1, 0.15) is 37.4 Å². The lowest BCUT2D eigenvalue weighted by atomic mass is 9.86. The van der Waals surface area contributed by atoms with Gasteiger partial charge < -0.3 is 15.7 Å². The summed E-state index contributed by atoms with van der Waals surface area (Å²) in [6.45, 7) is 6.69. The Kier molecular flexibility index (Phi) is 5.48. The first-order chi connectivity index (χ1) is 9.62. The van der Waals surface area contributed by atoms with Gasteiger partial charge in [0, 0.05) is 0 Å². The van der Waals surface area contributed by atoms with Crippen molar-refractivity contribution in [3.63, 3.8) is 0 Å². The van der Waals surface area contributed by atoms with Crippen molar-refractivity contribution in [3.8, 4) is 0 Å². The quantitative estimate of drug-likeness (QED) is 0.767. The van der Waals surface area contributed by atoms with Gasteiger partial charge in [0.1, 0.15) is 12.1 Å². The van der Waals surface area contributed by atoms with Crippen LogP contribution in [0.5, 0.6) is 0 Å². The van der Waals surface area contributed by atoms with Crippen LogP contribution in [0.4, 0.5) is 0 Å². The molecule has 0 saturated heterocycles. The first kappa shape index (κ1) is 17.2. The lowest BCUT2D eigenvalue weighted by Gasteiger charge is -2.28. The smallest absolute Gasteiger partial charge is 0.326 e. The minimum atomic E-state index is -1.10. The summed E-state index contributed by atoms with van der Waals surface area (Å²) in [5, 5.41) is 15.9. The first-order valence-electron chi connectivity index (χ1n) is 6.50. The number of hydrogen-bond acceptors (Lipinski definition) is 4. The van der Waals surface area contributed by atoms with E-state index in [-0.39, 0.29) is 5.91 Å². The molecule has 1 aromatic rings. The second kappa shape index (κ2) is 6.71. The van der Waals surface area contributed by atoms with Crippen molar-refractivity contribution in [2.24, 2.45) is 5.41 Å². The van der Waals surface area contributed by atoms with E-state index in [2.05, 4.69) is 10.6 Å². The Bertz CT molecular complexity index is 520. The van der Waals surface area contributed by atoms with Crippen LogP contribution in [0.3, 0.4) is 0 Å². The van der Waals surface area contributed by atoms with Crippen molar-refractivity contribution in [2.45, 2.75) is 39.8 Å². The number of amides is 2. The second-order valence-electron chi connectivity index (χ2n) is 5.82. The Morgan fingerprint density at radius 3 is 2.29 bits per heavy atom. The van der Waals surface area contributed by atoms with E-state index in [1.807, 2.05) is 0 Å². The number of thiophene rings is 1. The van der Waals surface area contributed by atoms with Crippen LogP contribution in [0, 0.1) is 5.41 Å². The summed E-state index contributed by atoms with van der Waals surface area (Å²) in [6.07, 6.45) is 0. The molecule has 0 aliphatic carbocycles. The topological polar surface area (TPSA) is 95.5 Å². The standard InChI is InChI=1S/C14H20N2O4S/c1-8(15-12(18)9-6-5-7-21-9)11(17)16-10(13(19)20)14(2,3)4/h5-8,10H,1-4H3,(H,15,18)(H,16,17)(H,19,20)/t8?,10-/m1/s1. The molecule has 1 unspecified atom stereocenters. The maximum Gasteiger partial charge on any atom is 0.326 e. The molecule has 0 spiro atoms. The highest BCUT2D eigenvalue weighted by atomic mass is 32.1. The van der Waals surface area contributed by atoms with Crippen LogP contribution in [0.2, 0.25) is 0 Å². The molecule has 0 aliphatic rings. The van der Waals surface area contributed by atoms with Crippen molar-refractivity contribution >= 4 is 29.1 Å². The molecule has 116 valence electrons. The minimum absolute atomic E-state index is 0.352. The molecule has 2 atom stereocenters. The Morgan fingerprint density at radius 2 is 1.86 bits per heavy atom. The molecule has 1 heterocycles. The molecule has 0 fully saturated rings. The van der Waals surface area contributed by atoms with Crippen LogP contribution in [-0.2, 0) is 9.59 Å². The van der Waals surface area contributed by atoms with Crippen LogP contribution in [0.25, 0.3) is 0 Å². The number of nitrogens with one attached hydrogen (secondary N) is 2. The molecular weight excluding hydrogens is 292 g/mol. The zero-order valence-electron chi connectivity index (χ0n) is 12.5. The van der Waals surface area contributed by atoms with Gasteiger partial charge in [-0.05, 0) is 23.8 Å². The van der Waals surface area contributed by atoms with E-state index in [0.717, 1.165) is 0 Å². The van der Waals surface area contributed by atoms with Gasteiger partial charge in [0.05, 0.1) is 4.88 Å². The maximum absolute atomic E-state index is 12.0. The molecule has 0 bridgehead atoms. The molecule has 1 aromatic heterocycles. The zero-order chi connectivity index (χ0) is 16.2.